The minimum atomic E-state index is -0.185. The summed E-state index contributed by atoms with van der Waals surface area (Å²) < 4.78 is 13.9. The van der Waals surface area contributed by atoms with E-state index < -0.39 is 0 Å². The van der Waals surface area contributed by atoms with Crippen LogP contribution in [0.3, 0.4) is 0 Å². The van der Waals surface area contributed by atoms with Gasteiger partial charge in [-0.15, -0.1) is 0 Å². The molecule has 0 spiro atoms. The van der Waals surface area contributed by atoms with Crippen LogP contribution in [-0.2, 0) is 6.54 Å². The molecule has 0 amide bonds. The van der Waals surface area contributed by atoms with Crippen LogP contribution in [0.15, 0.2) is 18.2 Å². The quantitative estimate of drug-likeness (QED) is 0.843. The van der Waals surface area contributed by atoms with E-state index in [1.165, 1.54) is 57.6 Å². The third-order valence-electron chi connectivity index (χ3n) is 5.42. The van der Waals surface area contributed by atoms with Crippen LogP contribution in [0.2, 0.25) is 5.02 Å². The predicted octanol–water partition coefficient (Wildman–Crippen LogP) is 4.61. The van der Waals surface area contributed by atoms with Gasteiger partial charge in [0.25, 0.3) is 0 Å². The van der Waals surface area contributed by atoms with Crippen molar-refractivity contribution in [1.29, 1.82) is 0 Å². The van der Waals surface area contributed by atoms with Gasteiger partial charge in [-0.2, -0.15) is 0 Å². The van der Waals surface area contributed by atoms with Gasteiger partial charge in [0, 0.05) is 23.2 Å². The molecule has 0 bridgehead atoms. The summed E-state index contributed by atoms with van der Waals surface area (Å²) in [5, 5.41) is 4.25. The molecule has 0 atom stereocenters. The van der Waals surface area contributed by atoms with Crippen molar-refractivity contribution >= 4 is 11.6 Å². The lowest BCUT2D eigenvalue weighted by Crippen LogP contribution is -2.43. The molecule has 0 radical (unpaired) electrons. The Labute approximate surface area is 144 Å². The predicted molar refractivity (Wildman–Crippen MR) is 94.3 cm³/mol. The molecule has 2 fully saturated rings. The zero-order valence-corrected chi connectivity index (χ0v) is 14.6. The molecular formula is C19H28ClFN2. The van der Waals surface area contributed by atoms with E-state index in [-0.39, 0.29) is 5.82 Å². The first-order valence-electron chi connectivity index (χ1n) is 9.10. The Bertz CT molecular complexity index is 494. The minimum Gasteiger partial charge on any atom is -0.314 e. The van der Waals surface area contributed by atoms with Gasteiger partial charge in [-0.1, -0.05) is 36.9 Å². The Morgan fingerprint density at radius 3 is 2.52 bits per heavy atom. The second-order valence-electron chi connectivity index (χ2n) is 7.20. The van der Waals surface area contributed by atoms with Gasteiger partial charge in [0.15, 0.2) is 0 Å². The molecule has 0 aromatic heterocycles. The summed E-state index contributed by atoms with van der Waals surface area (Å²) in [5.74, 6) is 0.708. The average molecular weight is 339 g/mol. The Kier molecular flexibility index (Phi) is 6.32. The van der Waals surface area contributed by atoms with Crippen LogP contribution in [0.25, 0.3) is 0 Å². The van der Waals surface area contributed by atoms with E-state index in [2.05, 4.69) is 10.2 Å². The molecule has 3 rings (SSSR count). The molecule has 128 valence electrons. The topological polar surface area (TPSA) is 15.3 Å². The lowest BCUT2D eigenvalue weighted by Gasteiger charge is -2.33. The van der Waals surface area contributed by atoms with E-state index in [1.54, 1.807) is 6.07 Å². The number of nitrogens with one attached hydrogen (secondary N) is 1. The van der Waals surface area contributed by atoms with Crippen molar-refractivity contribution in [3.63, 3.8) is 0 Å². The third-order valence-corrected chi connectivity index (χ3v) is 5.65. The number of nitrogens with zero attached hydrogens (tertiary/aromatic N) is 1. The Hall–Kier alpha value is -0.640. The van der Waals surface area contributed by atoms with Crippen molar-refractivity contribution in [3.05, 3.63) is 34.6 Å². The fourth-order valence-electron chi connectivity index (χ4n) is 3.91. The maximum absolute atomic E-state index is 13.9. The van der Waals surface area contributed by atoms with Gasteiger partial charge in [0.2, 0.25) is 0 Å². The van der Waals surface area contributed by atoms with Crippen LogP contribution in [0.5, 0.6) is 0 Å². The van der Waals surface area contributed by atoms with E-state index >= 15 is 0 Å². The number of halogens is 2. The standard InChI is InChI=1S/C19H28ClFN2/c20-17-7-6-16(19(21)12-17)14-23-10-8-18(9-11-23)22-13-15-4-2-1-3-5-15/h6-7,12,15,18,22H,1-5,8-11,13-14H2. The number of hydrogen-bond donors (Lipinski definition) is 1. The highest BCUT2D eigenvalue weighted by Gasteiger charge is 2.21. The van der Waals surface area contributed by atoms with Crippen LogP contribution in [0.1, 0.15) is 50.5 Å². The summed E-state index contributed by atoms with van der Waals surface area (Å²) in [6, 6.07) is 5.64. The first-order chi connectivity index (χ1) is 11.2. The van der Waals surface area contributed by atoms with Crippen molar-refractivity contribution in [2.45, 2.75) is 57.5 Å². The Balaban J connectivity index is 1.39. The van der Waals surface area contributed by atoms with Gasteiger partial charge in [0.1, 0.15) is 5.82 Å². The summed E-state index contributed by atoms with van der Waals surface area (Å²) in [4.78, 5) is 2.35. The fourth-order valence-corrected chi connectivity index (χ4v) is 4.07. The molecule has 4 heteroatoms. The van der Waals surface area contributed by atoms with Crippen molar-refractivity contribution in [3.8, 4) is 0 Å². The van der Waals surface area contributed by atoms with Crippen LogP contribution in [-0.4, -0.2) is 30.6 Å². The molecular weight excluding hydrogens is 311 g/mol. The van der Waals surface area contributed by atoms with Crippen molar-refractivity contribution in [1.82, 2.24) is 10.2 Å². The molecule has 1 aliphatic carbocycles. The molecule has 1 aromatic rings. The Morgan fingerprint density at radius 1 is 1.09 bits per heavy atom. The van der Waals surface area contributed by atoms with Gasteiger partial charge in [0.05, 0.1) is 0 Å². The second-order valence-corrected chi connectivity index (χ2v) is 7.63. The molecule has 1 aliphatic heterocycles. The molecule has 1 saturated carbocycles. The summed E-state index contributed by atoms with van der Waals surface area (Å²) in [7, 11) is 0. The monoisotopic (exact) mass is 338 g/mol. The van der Waals surface area contributed by atoms with E-state index in [4.69, 9.17) is 11.6 Å². The lowest BCUT2D eigenvalue weighted by molar-refractivity contribution is 0.183. The number of hydrogen-bond acceptors (Lipinski definition) is 2. The van der Waals surface area contributed by atoms with Crippen LogP contribution in [0, 0.1) is 11.7 Å². The van der Waals surface area contributed by atoms with Crippen LogP contribution >= 0.6 is 11.6 Å². The second kappa shape index (κ2) is 8.46. The van der Waals surface area contributed by atoms with E-state index in [0.29, 0.717) is 17.6 Å². The van der Waals surface area contributed by atoms with Gasteiger partial charge < -0.3 is 5.32 Å². The molecule has 1 saturated heterocycles. The maximum atomic E-state index is 13.9. The van der Waals surface area contributed by atoms with Crippen molar-refractivity contribution < 1.29 is 4.39 Å². The van der Waals surface area contributed by atoms with E-state index in [9.17, 15) is 4.39 Å². The van der Waals surface area contributed by atoms with Gasteiger partial charge >= 0.3 is 0 Å². The maximum Gasteiger partial charge on any atom is 0.129 e. The van der Waals surface area contributed by atoms with Gasteiger partial charge in [-0.3, -0.25) is 4.90 Å². The number of likely N-dealkylation sites (tertiary alicyclic amines) is 1. The molecule has 0 unspecified atom stereocenters. The van der Waals surface area contributed by atoms with Crippen molar-refractivity contribution in [2.75, 3.05) is 19.6 Å². The summed E-state index contributed by atoms with van der Waals surface area (Å²) in [6.45, 7) is 3.98. The highest BCUT2D eigenvalue weighted by molar-refractivity contribution is 6.30. The summed E-state index contributed by atoms with van der Waals surface area (Å²) in [5.41, 5.74) is 0.753. The number of rotatable bonds is 5. The van der Waals surface area contributed by atoms with Gasteiger partial charge in [-0.25, -0.2) is 4.39 Å². The molecule has 2 nitrogen and oxygen atoms in total. The summed E-state index contributed by atoms with van der Waals surface area (Å²) in [6.07, 6.45) is 9.40. The molecule has 23 heavy (non-hydrogen) atoms. The minimum absolute atomic E-state index is 0.185. The molecule has 1 N–H and O–H groups in total. The smallest absolute Gasteiger partial charge is 0.129 e. The average Bonchev–Trinajstić information content (AvgIpc) is 2.58. The van der Waals surface area contributed by atoms with E-state index in [1.807, 2.05) is 6.07 Å². The zero-order chi connectivity index (χ0) is 16.1. The SMILES string of the molecule is Fc1cc(Cl)ccc1CN1CCC(NCC2CCCCC2)CC1. The third kappa shape index (κ3) is 5.17. The number of piperidine rings is 1. The molecule has 1 aromatic carbocycles. The highest BCUT2D eigenvalue weighted by atomic mass is 35.5. The largest absolute Gasteiger partial charge is 0.314 e. The van der Waals surface area contributed by atoms with Crippen LogP contribution in [0.4, 0.5) is 4.39 Å². The first kappa shape index (κ1) is 17.2. The fraction of sp³-hybridized carbons (Fsp3) is 0.684. The first-order valence-corrected chi connectivity index (χ1v) is 9.48. The van der Waals surface area contributed by atoms with E-state index in [0.717, 1.165) is 24.6 Å². The molecule has 1 heterocycles. The zero-order valence-electron chi connectivity index (χ0n) is 13.9. The lowest BCUT2D eigenvalue weighted by atomic mass is 9.89. The normalized spacial score (nSPS) is 21.7. The highest BCUT2D eigenvalue weighted by Crippen LogP contribution is 2.24. The Morgan fingerprint density at radius 2 is 1.83 bits per heavy atom. The summed E-state index contributed by atoms with van der Waals surface area (Å²) >= 11 is 5.82. The van der Waals surface area contributed by atoms with Gasteiger partial charge in [-0.05, 0) is 63.4 Å². The van der Waals surface area contributed by atoms with Crippen molar-refractivity contribution in [2.24, 2.45) is 5.92 Å². The number of benzene rings is 1. The van der Waals surface area contributed by atoms with Crippen LogP contribution < -0.4 is 5.32 Å². The molecule has 2 aliphatic rings.